The summed E-state index contributed by atoms with van der Waals surface area (Å²) < 4.78 is 2.29. The molecular weight excluding hydrogens is 268 g/mol. The van der Waals surface area contributed by atoms with Gasteiger partial charge in [0.2, 0.25) is 0 Å². The molecule has 0 N–H and O–H groups in total. The fourth-order valence-corrected chi connectivity index (χ4v) is 3.05. The standard InChI is InChI=1S/C20H18N2/c1-15-12-13-18-19(14-15)22(17-10-6-3-7-11-17)20(21-18)16-8-4-2-5-9-16/h2-11,14H,12-13H2,1H3. The molecule has 0 aliphatic heterocycles. The summed E-state index contributed by atoms with van der Waals surface area (Å²) in [6.07, 6.45) is 4.41. The Balaban J connectivity index is 2.00. The minimum absolute atomic E-state index is 1.03. The maximum atomic E-state index is 4.95. The maximum Gasteiger partial charge on any atom is 0.145 e. The molecule has 0 unspecified atom stereocenters. The largest absolute Gasteiger partial charge is 0.293 e. The van der Waals surface area contributed by atoms with Gasteiger partial charge in [0.05, 0.1) is 11.4 Å². The van der Waals surface area contributed by atoms with Crippen LogP contribution in [0, 0.1) is 0 Å². The Kier molecular flexibility index (Phi) is 3.15. The topological polar surface area (TPSA) is 17.8 Å². The first-order chi connectivity index (χ1) is 10.8. The first kappa shape index (κ1) is 13.1. The third-order valence-corrected chi connectivity index (χ3v) is 4.17. The van der Waals surface area contributed by atoms with Crippen LogP contribution in [0.2, 0.25) is 0 Å². The molecule has 1 aliphatic carbocycles. The zero-order chi connectivity index (χ0) is 14.9. The summed E-state index contributed by atoms with van der Waals surface area (Å²) in [5.74, 6) is 1.03. The Morgan fingerprint density at radius 1 is 0.864 bits per heavy atom. The summed E-state index contributed by atoms with van der Waals surface area (Å²) in [5, 5.41) is 0. The Bertz CT molecular complexity index is 827. The van der Waals surface area contributed by atoms with Crippen LogP contribution in [0.25, 0.3) is 23.2 Å². The molecule has 1 aliphatic rings. The zero-order valence-corrected chi connectivity index (χ0v) is 12.7. The number of nitrogens with zero attached hydrogens (tertiary/aromatic N) is 2. The Morgan fingerprint density at radius 2 is 1.55 bits per heavy atom. The van der Waals surface area contributed by atoms with E-state index in [0.717, 1.165) is 24.2 Å². The van der Waals surface area contributed by atoms with Gasteiger partial charge in [-0.25, -0.2) is 4.98 Å². The molecule has 0 saturated heterocycles. The molecule has 1 heterocycles. The molecule has 2 nitrogen and oxygen atoms in total. The number of para-hydroxylation sites is 1. The summed E-state index contributed by atoms with van der Waals surface area (Å²) in [4.78, 5) is 4.95. The molecule has 0 amide bonds. The molecule has 0 fully saturated rings. The SMILES string of the molecule is CC1=Cc2c(nc(-c3ccccc3)n2-c2ccccc2)CC1. The van der Waals surface area contributed by atoms with Crippen LogP contribution in [0.15, 0.2) is 66.2 Å². The van der Waals surface area contributed by atoms with Crippen LogP contribution in [-0.2, 0) is 6.42 Å². The van der Waals surface area contributed by atoms with Crippen LogP contribution in [-0.4, -0.2) is 9.55 Å². The molecule has 108 valence electrons. The molecule has 2 aromatic carbocycles. The fraction of sp³-hybridized carbons (Fsp3) is 0.150. The number of hydrogen-bond acceptors (Lipinski definition) is 1. The average molecular weight is 286 g/mol. The van der Waals surface area contributed by atoms with E-state index in [1.54, 1.807) is 0 Å². The van der Waals surface area contributed by atoms with Crippen molar-refractivity contribution >= 4 is 6.08 Å². The minimum atomic E-state index is 1.03. The second-order valence-corrected chi connectivity index (χ2v) is 5.80. The lowest BCUT2D eigenvalue weighted by atomic mass is 10.0. The lowest BCUT2D eigenvalue weighted by Gasteiger charge is -2.14. The summed E-state index contributed by atoms with van der Waals surface area (Å²) in [5.41, 5.74) is 6.18. The molecule has 3 aromatic rings. The summed E-state index contributed by atoms with van der Waals surface area (Å²) in [6.45, 7) is 2.20. The van der Waals surface area contributed by atoms with Gasteiger partial charge in [0.15, 0.2) is 0 Å². The van der Waals surface area contributed by atoms with Crippen molar-refractivity contribution in [2.75, 3.05) is 0 Å². The van der Waals surface area contributed by atoms with Crippen molar-refractivity contribution in [3.05, 3.63) is 77.6 Å². The molecule has 4 rings (SSSR count). The van der Waals surface area contributed by atoms with E-state index in [9.17, 15) is 0 Å². The van der Waals surface area contributed by atoms with Crippen LogP contribution in [0.3, 0.4) is 0 Å². The van der Waals surface area contributed by atoms with Crippen molar-refractivity contribution in [1.82, 2.24) is 9.55 Å². The molecule has 0 spiro atoms. The molecular formula is C20H18N2. The van der Waals surface area contributed by atoms with Crippen LogP contribution >= 0.6 is 0 Å². The number of hydrogen-bond donors (Lipinski definition) is 0. The van der Waals surface area contributed by atoms with Gasteiger partial charge < -0.3 is 0 Å². The van der Waals surface area contributed by atoms with E-state index < -0.39 is 0 Å². The smallest absolute Gasteiger partial charge is 0.145 e. The van der Waals surface area contributed by atoms with Gasteiger partial charge in [-0.3, -0.25) is 4.57 Å². The van der Waals surface area contributed by atoms with Crippen LogP contribution < -0.4 is 0 Å². The lowest BCUT2D eigenvalue weighted by molar-refractivity contribution is 0.890. The molecule has 0 bridgehead atoms. The molecule has 0 radical (unpaired) electrons. The first-order valence-corrected chi connectivity index (χ1v) is 7.72. The van der Waals surface area contributed by atoms with Crippen molar-refractivity contribution in [2.24, 2.45) is 0 Å². The monoisotopic (exact) mass is 286 g/mol. The summed E-state index contributed by atoms with van der Waals surface area (Å²) >= 11 is 0. The third-order valence-electron chi connectivity index (χ3n) is 4.17. The normalized spacial score (nSPS) is 13.6. The van der Waals surface area contributed by atoms with Crippen LogP contribution in [0.4, 0.5) is 0 Å². The summed E-state index contributed by atoms with van der Waals surface area (Å²) in [7, 11) is 0. The van der Waals surface area contributed by atoms with Crippen molar-refractivity contribution in [1.29, 1.82) is 0 Å². The van der Waals surface area contributed by atoms with Gasteiger partial charge in [-0.05, 0) is 38.0 Å². The van der Waals surface area contributed by atoms with E-state index in [1.807, 2.05) is 6.07 Å². The van der Waals surface area contributed by atoms with Crippen LogP contribution in [0.5, 0.6) is 0 Å². The number of benzene rings is 2. The Labute approximate surface area is 130 Å². The Hall–Kier alpha value is -2.61. The lowest BCUT2D eigenvalue weighted by Crippen LogP contribution is -2.03. The quantitative estimate of drug-likeness (QED) is 0.656. The van der Waals surface area contributed by atoms with Gasteiger partial charge in [-0.1, -0.05) is 54.1 Å². The fourth-order valence-electron chi connectivity index (χ4n) is 3.05. The second kappa shape index (κ2) is 5.30. The van der Waals surface area contributed by atoms with Crippen molar-refractivity contribution < 1.29 is 0 Å². The van der Waals surface area contributed by atoms with E-state index >= 15 is 0 Å². The second-order valence-electron chi connectivity index (χ2n) is 5.80. The van der Waals surface area contributed by atoms with Crippen LogP contribution in [0.1, 0.15) is 24.7 Å². The van der Waals surface area contributed by atoms with E-state index in [2.05, 4.69) is 72.2 Å². The van der Waals surface area contributed by atoms with Crippen molar-refractivity contribution in [3.63, 3.8) is 0 Å². The van der Waals surface area contributed by atoms with Gasteiger partial charge in [-0.15, -0.1) is 0 Å². The number of fused-ring (bicyclic) bond motifs is 1. The predicted octanol–water partition coefficient (Wildman–Crippen LogP) is 4.89. The highest BCUT2D eigenvalue weighted by Crippen LogP contribution is 2.31. The van der Waals surface area contributed by atoms with E-state index in [4.69, 9.17) is 4.98 Å². The van der Waals surface area contributed by atoms with Gasteiger partial charge in [0, 0.05) is 11.3 Å². The number of aromatic nitrogens is 2. The van der Waals surface area contributed by atoms with E-state index in [0.29, 0.717) is 0 Å². The molecule has 2 heteroatoms. The highest BCUT2D eigenvalue weighted by atomic mass is 15.1. The van der Waals surface area contributed by atoms with E-state index in [-0.39, 0.29) is 0 Å². The maximum absolute atomic E-state index is 4.95. The van der Waals surface area contributed by atoms with Gasteiger partial charge in [0.25, 0.3) is 0 Å². The predicted molar refractivity (Wildman–Crippen MR) is 91.0 cm³/mol. The number of imidazole rings is 1. The van der Waals surface area contributed by atoms with E-state index in [1.165, 1.54) is 22.6 Å². The highest BCUT2D eigenvalue weighted by molar-refractivity contribution is 5.67. The first-order valence-electron chi connectivity index (χ1n) is 7.72. The number of allylic oxidation sites excluding steroid dienone is 1. The van der Waals surface area contributed by atoms with Crippen molar-refractivity contribution in [2.45, 2.75) is 19.8 Å². The van der Waals surface area contributed by atoms with Crippen molar-refractivity contribution in [3.8, 4) is 17.1 Å². The number of rotatable bonds is 2. The average Bonchev–Trinajstić information content (AvgIpc) is 2.95. The summed E-state index contributed by atoms with van der Waals surface area (Å²) in [6, 6.07) is 20.9. The highest BCUT2D eigenvalue weighted by Gasteiger charge is 2.20. The van der Waals surface area contributed by atoms with Gasteiger partial charge in [-0.2, -0.15) is 0 Å². The Morgan fingerprint density at radius 3 is 2.27 bits per heavy atom. The number of aryl methyl sites for hydroxylation is 1. The third kappa shape index (κ3) is 2.17. The minimum Gasteiger partial charge on any atom is -0.293 e. The molecule has 0 saturated carbocycles. The van der Waals surface area contributed by atoms with Gasteiger partial charge in [0.1, 0.15) is 5.82 Å². The molecule has 1 aromatic heterocycles. The van der Waals surface area contributed by atoms with Gasteiger partial charge >= 0.3 is 0 Å². The molecule has 0 atom stereocenters. The molecule has 22 heavy (non-hydrogen) atoms. The zero-order valence-electron chi connectivity index (χ0n) is 12.7.